The van der Waals surface area contributed by atoms with E-state index in [4.69, 9.17) is 0 Å². The Labute approximate surface area is 116 Å². The molecule has 3 rings (SSSR count). The number of H-pyrrole nitrogens is 1. The molecular formula is C15H15N3O2. The van der Waals surface area contributed by atoms with E-state index in [2.05, 4.69) is 9.97 Å². The smallest absolute Gasteiger partial charge is 0.265 e. The highest BCUT2D eigenvalue weighted by Crippen LogP contribution is 2.27. The lowest BCUT2D eigenvalue weighted by atomic mass is 10.0. The van der Waals surface area contributed by atoms with Crippen LogP contribution in [0.15, 0.2) is 35.3 Å². The van der Waals surface area contributed by atoms with E-state index < -0.39 is 0 Å². The van der Waals surface area contributed by atoms with E-state index in [1.54, 1.807) is 11.8 Å². The second-order valence-corrected chi connectivity index (χ2v) is 4.90. The molecule has 0 aliphatic carbocycles. The normalized spacial score (nSPS) is 13.9. The van der Waals surface area contributed by atoms with Crippen LogP contribution in [0.1, 0.15) is 28.2 Å². The minimum Gasteiger partial charge on any atom is -0.310 e. The van der Waals surface area contributed by atoms with E-state index in [0.29, 0.717) is 12.4 Å². The molecule has 0 saturated heterocycles. The Morgan fingerprint density at radius 2 is 2.15 bits per heavy atom. The minimum absolute atomic E-state index is 0.0901. The third-order valence-electron chi connectivity index (χ3n) is 3.51. The van der Waals surface area contributed by atoms with Crippen molar-refractivity contribution in [3.63, 3.8) is 0 Å². The van der Waals surface area contributed by atoms with Crippen molar-refractivity contribution in [2.45, 2.75) is 19.8 Å². The zero-order chi connectivity index (χ0) is 14.1. The highest BCUT2D eigenvalue weighted by molar-refractivity contribution is 6.06. The lowest BCUT2D eigenvalue weighted by molar-refractivity contribution is 0.0983. The highest BCUT2D eigenvalue weighted by atomic mass is 16.2. The number of fused-ring (bicyclic) bond motifs is 1. The van der Waals surface area contributed by atoms with Crippen LogP contribution in [0.25, 0.3) is 0 Å². The van der Waals surface area contributed by atoms with Crippen LogP contribution in [0.2, 0.25) is 0 Å². The van der Waals surface area contributed by atoms with Gasteiger partial charge in [0.25, 0.3) is 11.5 Å². The summed E-state index contributed by atoms with van der Waals surface area (Å²) in [6, 6.07) is 7.81. The molecule has 0 atom stereocenters. The molecule has 0 unspecified atom stereocenters. The Hall–Kier alpha value is -2.43. The number of anilines is 1. The van der Waals surface area contributed by atoms with Gasteiger partial charge in [-0.05, 0) is 31.4 Å². The number of aromatic amines is 1. The Morgan fingerprint density at radius 1 is 1.35 bits per heavy atom. The van der Waals surface area contributed by atoms with E-state index >= 15 is 0 Å². The fourth-order valence-corrected chi connectivity index (χ4v) is 2.53. The molecule has 0 saturated carbocycles. The number of carbonyl (C=O) groups is 1. The van der Waals surface area contributed by atoms with E-state index in [1.807, 2.05) is 24.3 Å². The molecule has 1 amide bonds. The van der Waals surface area contributed by atoms with Crippen molar-refractivity contribution in [3.05, 3.63) is 57.8 Å². The summed E-state index contributed by atoms with van der Waals surface area (Å²) in [7, 11) is 0. The van der Waals surface area contributed by atoms with Gasteiger partial charge in [-0.2, -0.15) is 0 Å². The second-order valence-electron chi connectivity index (χ2n) is 4.90. The van der Waals surface area contributed by atoms with Gasteiger partial charge in [-0.1, -0.05) is 18.2 Å². The molecule has 1 aromatic heterocycles. The predicted octanol–water partition coefficient (Wildman–Crippen LogP) is 1.67. The van der Waals surface area contributed by atoms with Gasteiger partial charge in [-0.25, -0.2) is 4.98 Å². The van der Waals surface area contributed by atoms with Gasteiger partial charge in [-0.3, -0.25) is 9.59 Å². The van der Waals surface area contributed by atoms with Crippen molar-refractivity contribution in [2.24, 2.45) is 0 Å². The van der Waals surface area contributed by atoms with Crippen LogP contribution in [0.5, 0.6) is 0 Å². The number of hydrogen-bond acceptors (Lipinski definition) is 3. The number of para-hydroxylation sites is 1. The molecule has 5 heteroatoms. The van der Waals surface area contributed by atoms with Crippen LogP contribution < -0.4 is 10.5 Å². The zero-order valence-corrected chi connectivity index (χ0v) is 11.2. The van der Waals surface area contributed by atoms with E-state index in [9.17, 15) is 9.59 Å². The van der Waals surface area contributed by atoms with Crippen molar-refractivity contribution >= 4 is 11.6 Å². The Kier molecular flexibility index (Phi) is 3.10. The average molecular weight is 269 g/mol. The second kappa shape index (κ2) is 4.92. The lowest BCUT2D eigenvalue weighted by Gasteiger charge is -2.29. The first-order chi connectivity index (χ1) is 9.66. The summed E-state index contributed by atoms with van der Waals surface area (Å²) in [5.74, 6) is 0.219. The van der Waals surface area contributed by atoms with Crippen molar-refractivity contribution in [1.82, 2.24) is 9.97 Å². The average Bonchev–Trinajstić information content (AvgIpc) is 2.46. The van der Waals surface area contributed by atoms with Gasteiger partial charge >= 0.3 is 0 Å². The molecule has 0 spiro atoms. The molecule has 0 radical (unpaired) electrons. The number of rotatable bonds is 1. The maximum atomic E-state index is 12.6. The quantitative estimate of drug-likeness (QED) is 0.856. The monoisotopic (exact) mass is 269 g/mol. The van der Waals surface area contributed by atoms with Crippen LogP contribution in [0.3, 0.4) is 0 Å². The summed E-state index contributed by atoms with van der Waals surface area (Å²) in [6.45, 7) is 2.31. The van der Waals surface area contributed by atoms with Gasteiger partial charge in [0.1, 0.15) is 11.4 Å². The number of benzene rings is 1. The fraction of sp³-hybridized carbons (Fsp3) is 0.267. The van der Waals surface area contributed by atoms with E-state index in [-0.39, 0.29) is 17.0 Å². The molecule has 2 aromatic rings. The van der Waals surface area contributed by atoms with Crippen LogP contribution in [0, 0.1) is 6.92 Å². The molecular weight excluding hydrogens is 254 g/mol. The van der Waals surface area contributed by atoms with Crippen LogP contribution in [-0.2, 0) is 6.42 Å². The van der Waals surface area contributed by atoms with Crippen LogP contribution >= 0.6 is 0 Å². The Balaban J connectivity index is 2.02. The number of aryl methyl sites for hydroxylation is 2. The summed E-state index contributed by atoms with van der Waals surface area (Å²) < 4.78 is 0. The molecule has 1 aromatic carbocycles. The van der Waals surface area contributed by atoms with Crippen LogP contribution in [0.4, 0.5) is 5.69 Å². The fourth-order valence-electron chi connectivity index (χ4n) is 2.53. The largest absolute Gasteiger partial charge is 0.310 e. The molecule has 0 fully saturated rings. The lowest BCUT2D eigenvalue weighted by Crippen LogP contribution is -2.38. The van der Waals surface area contributed by atoms with Gasteiger partial charge in [0.2, 0.25) is 0 Å². The third kappa shape index (κ3) is 2.11. The first-order valence-corrected chi connectivity index (χ1v) is 6.62. The molecule has 5 nitrogen and oxygen atoms in total. The third-order valence-corrected chi connectivity index (χ3v) is 3.51. The number of amides is 1. The Bertz CT molecular complexity index is 721. The van der Waals surface area contributed by atoms with Gasteiger partial charge in [-0.15, -0.1) is 0 Å². The molecule has 0 bridgehead atoms. The maximum Gasteiger partial charge on any atom is 0.265 e. The number of nitrogens with one attached hydrogen (secondary N) is 1. The van der Waals surface area contributed by atoms with Crippen molar-refractivity contribution in [3.8, 4) is 0 Å². The first-order valence-electron chi connectivity index (χ1n) is 6.62. The standard InChI is InChI=1S/C15H15N3O2/c1-10-16-9-12(14(19)17-10)15(20)18-8-4-6-11-5-2-3-7-13(11)18/h2-3,5,7,9H,4,6,8H2,1H3,(H,16,17,19). The summed E-state index contributed by atoms with van der Waals surface area (Å²) in [4.78, 5) is 32.7. The van der Waals surface area contributed by atoms with Crippen molar-refractivity contribution in [2.75, 3.05) is 11.4 Å². The topological polar surface area (TPSA) is 66.1 Å². The predicted molar refractivity (Wildman–Crippen MR) is 76.0 cm³/mol. The van der Waals surface area contributed by atoms with Crippen LogP contribution in [-0.4, -0.2) is 22.4 Å². The Morgan fingerprint density at radius 3 is 2.95 bits per heavy atom. The van der Waals surface area contributed by atoms with Gasteiger partial charge < -0.3 is 9.88 Å². The molecule has 20 heavy (non-hydrogen) atoms. The number of nitrogens with zero attached hydrogens (tertiary/aromatic N) is 2. The highest BCUT2D eigenvalue weighted by Gasteiger charge is 2.25. The van der Waals surface area contributed by atoms with E-state index in [1.165, 1.54) is 6.20 Å². The first kappa shape index (κ1) is 12.6. The summed E-state index contributed by atoms with van der Waals surface area (Å²) in [5, 5.41) is 0. The molecule has 1 aliphatic heterocycles. The van der Waals surface area contributed by atoms with Gasteiger partial charge in [0.05, 0.1) is 0 Å². The van der Waals surface area contributed by atoms with Crippen molar-refractivity contribution in [1.29, 1.82) is 0 Å². The molecule has 1 aliphatic rings. The summed E-state index contributed by atoms with van der Waals surface area (Å²) >= 11 is 0. The van der Waals surface area contributed by atoms with Gasteiger partial charge in [0, 0.05) is 18.4 Å². The molecule has 2 heterocycles. The number of hydrogen-bond donors (Lipinski definition) is 1. The van der Waals surface area contributed by atoms with Gasteiger partial charge in [0.15, 0.2) is 0 Å². The number of aromatic nitrogens is 2. The zero-order valence-electron chi connectivity index (χ0n) is 11.2. The maximum absolute atomic E-state index is 12.6. The summed E-state index contributed by atoms with van der Waals surface area (Å²) in [6.07, 6.45) is 3.22. The number of carbonyl (C=O) groups excluding carboxylic acids is 1. The molecule has 102 valence electrons. The van der Waals surface area contributed by atoms with E-state index in [0.717, 1.165) is 24.1 Å². The van der Waals surface area contributed by atoms with Crippen molar-refractivity contribution < 1.29 is 4.79 Å². The molecule has 1 N–H and O–H groups in total. The minimum atomic E-state index is -0.384. The SMILES string of the molecule is Cc1ncc(C(=O)N2CCCc3ccccc32)c(=O)[nH]1. The summed E-state index contributed by atoms with van der Waals surface area (Å²) in [5.41, 5.74) is 1.74.